The molecule has 0 bridgehead atoms. The van der Waals surface area contributed by atoms with E-state index in [1.807, 2.05) is 0 Å². The Morgan fingerprint density at radius 3 is 1.90 bits per heavy atom. The van der Waals surface area contributed by atoms with Gasteiger partial charge in [0.25, 0.3) is 11.5 Å². The molecule has 2 aliphatic rings. The Balaban J connectivity index is -0.000000623. The third-order valence-corrected chi connectivity index (χ3v) is 6.69. The number of carbonyl (C=O) groups is 1. The largest absolute Gasteiger partial charge is 0.506 e. The number of halogens is 1. The number of nitrogens with one attached hydrogen (secondary N) is 3. The Kier molecular flexibility index (Phi) is 15.4. The minimum atomic E-state index is -0.605. The van der Waals surface area contributed by atoms with E-state index in [1.54, 1.807) is 25.1 Å². The molecule has 15 nitrogen and oxygen atoms in total. The lowest BCUT2D eigenvalue weighted by Gasteiger charge is -2.30. The number of nitrogens with zero attached hydrogens (tertiary/aromatic N) is 5. The van der Waals surface area contributed by atoms with Crippen LogP contribution in [0.25, 0.3) is 0 Å². The highest BCUT2D eigenvalue weighted by atomic mass is 35.5. The van der Waals surface area contributed by atoms with E-state index in [2.05, 4.69) is 35.4 Å². The summed E-state index contributed by atoms with van der Waals surface area (Å²) in [6.45, 7) is 5.41. The summed E-state index contributed by atoms with van der Waals surface area (Å²) < 4.78 is 0. The maximum atomic E-state index is 12.6. The smallest absolute Gasteiger partial charge is 0.261 e. The Morgan fingerprint density at radius 2 is 1.40 bits per heavy atom. The molecule has 0 aliphatic carbocycles. The first-order valence-corrected chi connectivity index (χ1v) is 12.8. The Bertz CT molecular complexity index is 1330. The molecule has 16 N–H and O–H groups in total. The summed E-state index contributed by atoms with van der Waals surface area (Å²) in [5.41, 5.74) is 0.885. The van der Waals surface area contributed by atoms with Crippen molar-refractivity contribution in [2.24, 2.45) is 0 Å². The molecule has 0 radical (unpaired) electrons. The van der Waals surface area contributed by atoms with Gasteiger partial charge in [0.15, 0.2) is 0 Å². The molecule has 3 aromatic rings. The van der Waals surface area contributed by atoms with E-state index in [0.717, 1.165) is 51.9 Å². The minimum Gasteiger partial charge on any atom is -0.506 e. The second kappa shape index (κ2) is 17.1. The number of anilines is 5. The van der Waals surface area contributed by atoms with Gasteiger partial charge in [-0.3, -0.25) is 9.59 Å². The van der Waals surface area contributed by atoms with Crippen LogP contribution in [0.3, 0.4) is 0 Å². The highest BCUT2D eigenvalue weighted by Crippen LogP contribution is 2.29. The summed E-state index contributed by atoms with van der Waals surface area (Å²) in [4.78, 5) is 45.8. The van der Waals surface area contributed by atoms with Gasteiger partial charge in [0.2, 0.25) is 17.8 Å². The fraction of sp³-hybridized carbons (Fsp3) is 0.423. The van der Waals surface area contributed by atoms with Crippen molar-refractivity contribution in [3.8, 4) is 5.75 Å². The molecule has 42 heavy (non-hydrogen) atoms. The molecule has 2 fully saturated rings. The molecule has 2 aromatic heterocycles. The van der Waals surface area contributed by atoms with Gasteiger partial charge in [-0.15, -0.1) is 12.4 Å². The number of aryl methyl sites for hydroxylation is 1. The molecule has 16 heteroatoms. The molecule has 242 valence electrons. The predicted molar refractivity (Wildman–Crippen MR) is 179 cm³/mol. The lowest BCUT2D eigenvalue weighted by Crippen LogP contribution is -2.34. The molecule has 0 saturated carbocycles. The summed E-state index contributed by atoms with van der Waals surface area (Å²) in [6, 6.07) is 7.86. The van der Waals surface area contributed by atoms with Crippen LogP contribution < -0.4 is 50.6 Å². The van der Waals surface area contributed by atoms with Crippen LogP contribution in [0.2, 0.25) is 0 Å². The van der Waals surface area contributed by atoms with E-state index in [0.29, 0.717) is 29.2 Å². The maximum Gasteiger partial charge on any atom is 0.261 e. The van der Waals surface area contributed by atoms with E-state index in [4.69, 9.17) is 4.98 Å². The molecule has 2 saturated heterocycles. The number of phenolic OH excluding ortho intramolecular Hbond substituents is 1. The van der Waals surface area contributed by atoms with Gasteiger partial charge < -0.3 is 55.1 Å². The van der Waals surface area contributed by atoms with Crippen LogP contribution in [0.5, 0.6) is 5.75 Å². The number of carbonyl (C=O) groups excluding carboxylic acids is 1. The number of phenols is 1. The van der Waals surface area contributed by atoms with Crippen molar-refractivity contribution in [3.63, 3.8) is 0 Å². The molecule has 1 amide bonds. The van der Waals surface area contributed by atoms with Crippen molar-refractivity contribution in [1.82, 2.24) is 44.5 Å². The third kappa shape index (κ3) is 8.99. The number of H-pyrrole nitrogens is 1. The summed E-state index contributed by atoms with van der Waals surface area (Å²) in [7, 11) is 0. The molecule has 1 aromatic carbocycles. The number of piperidine rings is 2. The number of aromatic nitrogens is 4. The average molecular weight is 617 g/mol. The Hall–Kier alpha value is -4.02. The summed E-state index contributed by atoms with van der Waals surface area (Å²) in [6.07, 6.45) is 6.89. The van der Waals surface area contributed by atoms with Crippen molar-refractivity contribution >= 4 is 47.5 Å². The molecular formula is C26H53ClN12O3. The lowest BCUT2D eigenvalue weighted by molar-refractivity contribution is 0.102. The van der Waals surface area contributed by atoms with Crippen molar-refractivity contribution in [3.05, 3.63) is 51.9 Å². The van der Waals surface area contributed by atoms with Gasteiger partial charge >= 0.3 is 0 Å². The van der Waals surface area contributed by atoms with Gasteiger partial charge in [-0.25, -0.2) is 0 Å². The molecular weight excluding hydrogens is 564 g/mol. The van der Waals surface area contributed by atoms with Crippen LogP contribution in [-0.2, 0) is 0 Å². The second-order valence-electron chi connectivity index (χ2n) is 9.55. The number of rotatable bonds is 6. The zero-order valence-corrected chi connectivity index (χ0v) is 25.0. The predicted octanol–water partition coefficient (Wildman–Crippen LogP) is 5.60. The van der Waals surface area contributed by atoms with Crippen LogP contribution in [0.1, 0.15) is 60.3 Å². The van der Waals surface area contributed by atoms with Gasteiger partial charge in [0, 0.05) is 49.3 Å². The number of aromatic amines is 1. The number of hydrogen-bond acceptors (Lipinski definition) is 13. The SMILES string of the molecule is Cc1ccc(C(=O)Nc2ccc(Nc3nc(N4CCCCC4)nc(N4CCCCC4)n3)cc2O)c(=O)[nH]1.Cl.N.N.N.N.[HH].[HH].[HH].[HH]. The molecule has 5 rings (SSSR count). The second-order valence-corrected chi connectivity index (χ2v) is 9.55. The molecule has 0 spiro atoms. The van der Waals surface area contributed by atoms with Crippen LogP contribution in [-0.4, -0.2) is 57.1 Å². The highest BCUT2D eigenvalue weighted by molar-refractivity contribution is 6.04. The number of aromatic hydroxyl groups is 1. The van der Waals surface area contributed by atoms with Crippen LogP contribution >= 0.6 is 12.4 Å². The lowest BCUT2D eigenvalue weighted by atomic mass is 10.1. The number of hydrogen-bond donors (Lipinski definition) is 8. The summed E-state index contributed by atoms with van der Waals surface area (Å²) >= 11 is 0. The van der Waals surface area contributed by atoms with Crippen molar-refractivity contribution in [2.45, 2.75) is 45.4 Å². The van der Waals surface area contributed by atoms with Crippen LogP contribution in [0, 0.1) is 6.92 Å². The Morgan fingerprint density at radius 1 is 0.857 bits per heavy atom. The fourth-order valence-electron chi connectivity index (χ4n) is 4.67. The number of pyridine rings is 1. The van der Waals surface area contributed by atoms with Crippen LogP contribution in [0.15, 0.2) is 35.1 Å². The fourth-order valence-corrected chi connectivity index (χ4v) is 4.67. The quantitative estimate of drug-likeness (QED) is 0.156. The van der Waals surface area contributed by atoms with Gasteiger partial charge in [-0.05, 0) is 69.7 Å². The van der Waals surface area contributed by atoms with E-state index < -0.39 is 11.5 Å². The first-order chi connectivity index (χ1) is 18.0. The zero-order chi connectivity index (χ0) is 25.8. The molecule has 0 atom stereocenters. The van der Waals surface area contributed by atoms with E-state index in [9.17, 15) is 14.7 Å². The monoisotopic (exact) mass is 616 g/mol. The number of benzene rings is 1. The summed E-state index contributed by atoms with van der Waals surface area (Å²) in [5, 5.41) is 16.4. The normalized spacial score (nSPS) is 14.0. The van der Waals surface area contributed by atoms with Gasteiger partial charge in [-0.1, -0.05) is 0 Å². The highest BCUT2D eigenvalue weighted by Gasteiger charge is 2.21. The van der Waals surface area contributed by atoms with E-state index in [1.165, 1.54) is 25.0 Å². The molecule has 0 unspecified atom stereocenters. The first-order valence-electron chi connectivity index (χ1n) is 12.8. The van der Waals surface area contributed by atoms with Gasteiger partial charge in [-0.2, -0.15) is 15.0 Å². The maximum absolute atomic E-state index is 12.6. The molecule has 2 aliphatic heterocycles. The van der Waals surface area contributed by atoms with Crippen molar-refractivity contribution in [2.75, 3.05) is 46.6 Å². The third-order valence-electron chi connectivity index (χ3n) is 6.69. The van der Waals surface area contributed by atoms with E-state index >= 15 is 0 Å². The summed E-state index contributed by atoms with van der Waals surface area (Å²) in [5.74, 6) is 0.970. The number of amides is 1. The topological polar surface area (TPSA) is 279 Å². The first kappa shape index (κ1) is 38.0. The standard InChI is InChI=1S/C26H32N8O3.ClH.4H3N.4H2/c1-17-8-10-19(22(36)27-17)23(37)29-20-11-9-18(16-21(20)35)28-24-30-25(33-12-4-2-5-13-33)32-26(31-24)34-14-6-3-7-15-34;;;;;;;;;/h8-11,16,35H,2-7,12-15H2,1H3,(H,27,36)(H,29,37)(H,28,30,31,32);1H;4*1H3;4*1H. The average Bonchev–Trinajstić information content (AvgIpc) is 2.91. The van der Waals surface area contributed by atoms with Gasteiger partial charge in [0.05, 0.1) is 5.69 Å². The Labute approximate surface area is 257 Å². The van der Waals surface area contributed by atoms with Gasteiger partial charge in [0.1, 0.15) is 11.3 Å². The zero-order valence-electron chi connectivity index (χ0n) is 24.2. The van der Waals surface area contributed by atoms with Crippen LogP contribution in [0.4, 0.5) is 29.2 Å². The molecule has 4 heterocycles. The van der Waals surface area contributed by atoms with Crippen molar-refractivity contribution in [1.29, 1.82) is 0 Å². The minimum absolute atomic E-state index is 0. The van der Waals surface area contributed by atoms with E-state index in [-0.39, 0.29) is 59.7 Å². The van der Waals surface area contributed by atoms with Crippen molar-refractivity contribution < 1.29 is 15.6 Å².